The highest BCUT2D eigenvalue weighted by atomic mass is 16.5. The zero-order valence-electron chi connectivity index (χ0n) is 11.3. The number of ether oxygens (including phenoxy) is 1. The molecular formula is C15H21NO2. The molecule has 1 N–H and O–H groups in total. The fraction of sp³-hybridized carbons (Fsp3) is 0.533. The van der Waals surface area contributed by atoms with Crippen molar-refractivity contribution in [2.75, 3.05) is 13.7 Å². The van der Waals surface area contributed by atoms with Gasteiger partial charge in [-0.15, -0.1) is 0 Å². The van der Waals surface area contributed by atoms with E-state index in [1.54, 1.807) is 7.11 Å². The standard InChI is InChI=1S/C15H21NO2/c1-15(2,10-16-14(17)11-4-5-11)12-6-8-13(18-3)9-7-12/h6-9,11H,4-5,10H2,1-3H3,(H,16,17). The van der Waals surface area contributed by atoms with Gasteiger partial charge < -0.3 is 10.1 Å². The molecule has 3 heteroatoms. The lowest BCUT2D eigenvalue weighted by molar-refractivity contribution is -0.122. The molecule has 0 spiro atoms. The Hall–Kier alpha value is -1.51. The summed E-state index contributed by atoms with van der Waals surface area (Å²) in [6, 6.07) is 8.03. The number of methoxy groups -OCH3 is 1. The largest absolute Gasteiger partial charge is 0.497 e. The summed E-state index contributed by atoms with van der Waals surface area (Å²) in [5.74, 6) is 1.34. The molecule has 0 bridgehead atoms. The SMILES string of the molecule is COc1ccc(C(C)(C)CNC(=O)C2CC2)cc1. The fourth-order valence-electron chi connectivity index (χ4n) is 1.94. The first-order valence-corrected chi connectivity index (χ1v) is 6.45. The number of hydrogen-bond acceptors (Lipinski definition) is 2. The van der Waals surface area contributed by atoms with Gasteiger partial charge in [-0.2, -0.15) is 0 Å². The normalized spacial score (nSPS) is 15.3. The van der Waals surface area contributed by atoms with Crippen LogP contribution in [0.2, 0.25) is 0 Å². The van der Waals surface area contributed by atoms with E-state index in [1.165, 1.54) is 5.56 Å². The van der Waals surface area contributed by atoms with Crippen molar-refractivity contribution >= 4 is 5.91 Å². The molecule has 1 fully saturated rings. The van der Waals surface area contributed by atoms with Gasteiger partial charge in [-0.25, -0.2) is 0 Å². The first-order chi connectivity index (χ1) is 8.53. The maximum absolute atomic E-state index is 11.7. The molecule has 0 unspecified atom stereocenters. The van der Waals surface area contributed by atoms with Crippen molar-refractivity contribution in [2.45, 2.75) is 32.1 Å². The molecule has 0 saturated heterocycles. The van der Waals surface area contributed by atoms with Crippen molar-refractivity contribution in [3.8, 4) is 5.75 Å². The lowest BCUT2D eigenvalue weighted by atomic mass is 9.84. The summed E-state index contributed by atoms with van der Waals surface area (Å²) in [5, 5.41) is 3.04. The van der Waals surface area contributed by atoms with Gasteiger partial charge in [0.15, 0.2) is 0 Å². The number of carbonyl (C=O) groups is 1. The molecule has 1 saturated carbocycles. The van der Waals surface area contributed by atoms with Crippen LogP contribution in [-0.2, 0) is 10.2 Å². The molecule has 0 atom stereocenters. The monoisotopic (exact) mass is 247 g/mol. The molecule has 18 heavy (non-hydrogen) atoms. The first kappa shape index (κ1) is 12.9. The van der Waals surface area contributed by atoms with Crippen LogP contribution in [0, 0.1) is 5.92 Å². The predicted molar refractivity (Wildman–Crippen MR) is 71.8 cm³/mol. The molecular weight excluding hydrogens is 226 g/mol. The summed E-state index contributed by atoms with van der Waals surface area (Å²) in [7, 11) is 1.66. The van der Waals surface area contributed by atoms with E-state index >= 15 is 0 Å². The van der Waals surface area contributed by atoms with E-state index in [0.717, 1.165) is 18.6 Å². The molecule has 1 aliphatic carbocycles. The van der Waals surface area contributed by atoms with Crippen LogP contribution in [0.4, 0.5) is 0 Å². The molecule has 0 aromatic heterocycles. The predicted octanol–water partition coefficient (Wildman–Crippen LogP) is 2.50. The van der Waals surface area contributed by atoms with Crippen molar-refractivity contribution in [1.82, 2.24) is 5.32 Å². The highest BCUT2D eigenvalue weighted by Crippen LogP contribution is 2.29. The second-order valence-electron chi connectivity index (χ2n) is 5.60. The Morgan fingerprint density at radius 1 is 1.33 bits per heavy atom. The highest BCUT2D eigenvalue weighted by Gasteiger charge is 2.31. The summed E-state index contributed by atoms with van der Waals surface area (Å²) in [5.41, 5.74) is 1.15. The third-order valence-corrected chi connectivity index (χ3v) is 3.52. The van der Waals surface area contributed by atoms with Crippen LogP contribution in [0.1, 0.15) is 32.3 Å². The number of benzene rings is 1. The molecule has 1 aromatic carbocycles. The van der Waals surface area contributed by atoms with E-state index in [1.807, 2.05) is 12.1 Å². The summed E-state index contributed by atoms with van der Waals surface area (Å²) < 4.78 is 5.15. The van der Waals surface area contributed by atoms with Crippen molar-refractivity contribution in [2.24, 2.45) is 5.92 Å². The zero-order chi connectivity index (χ0) is 13.2. The minimum atomic E-state index is -0.0587. The van der Waals surface area contributed by atoms with E-state index in [0.29, 0.717) is 6.54 Å². The number of hydrogen-bond donors (Lipinski definition) is 1. The number of rotatable bonds is 5. The summed E-state index contributed by atoms with van der Waals surface area (Å²) in [6.45, 7) is 4.96. The van der Waals surface area contributed by atoms with Crippen molar-refractivity contribution < 1.29 is 9.53 Å². The Morgan fingerprint density at radius 2 is 1.94 bits per heavy atom. The quantitative estimate of drug-likeness (QED) is 0.868. The van der Waals surface area contributed by atoms with Gasteiger partial charge in [-0.05, 0) is 30.5 Å². The number of amides is 1. The minimum Gasteiger partial charge on any atom is -0.497 e. The molecule has 3 nitrogen and oxygen atoms in total. The van der Waals surface area contributed by atoms with Crippen LogP contribution in [0.15, 0.2) is 24.3 Å². The second kappa shape index (κ2) is 5.01. The average Bonchev–Trinajstić information content (AvgIpc) is 3.20. The molecule has 0 radical (unpaired) electrons. The van der Waals surface area contributed by atoms with Gasteiger partial charge in [0.1, 0.15) is 5.75 Å². The maximum atomic E-state index is 11.7. The van der Waals surface area contributed by atoms with Gasteiger partial charge >= 0.3 is 0 Å². The Balaban J connectivity index is 1.97. The van der Waals surface area contributed by atoms with Gasteiger partial charge in [0.25, 0.3) is 0 Å². The molecule has 98 valence electrons. The summed E-state index contributed by atoms with van der Waals surface area (Å²) in [4.78, 5) is 11.7. The summed E-state index contributed by atoms with van der Waals surface area (Å²) in [6.07, 6.45) is 2.10. The van der Waals surface area contributed by atoms with Crippen LogP contribution < -0.4 is 10.1 Å². The highest BCUT2D eigenvalue weighted by molar-refractivity contribution is 5.80. The van der Waals surface area contributed by atoms with E-state index in [2.05, 4.69) is 31.3 Å². The Bertz CT molecular complexity index is 419. The molecule has 1 amide bonds. The van der Waals surface area contributed by atoms with Gasteiger partial charge in [0.05, 0.1) is 7.11 Å². The number of nitrogens with one attached hydrogen (secondary N) is 1. The third kappa shape index (κ3) is 3.03. The lowest BCUT2D eigenvalue weighted by Gasteiger charge is -2.26. The van der Waals surface area contributed by atoms with E-state index < -0.39 is 0 Å². The average molecular weight is 247 g/mol. The lowest BCUT2D eigenvalue weighted by Crippen LogP contribution is -2.37. The van der Waals surface area contributed by atoms with Crippen molar-refractivity contribution in [1.29, 1.82) is 0 Å². The van der Waals surface area contributed by atoms with E-state index in [9.17, 15) is 4.79 Å². The van der Waals surface area contributed by atoms with Crippen LogP contribution in [0.5, 0.6) is 5.75 Å². The van der Waals surface area contributed by atoms with Gasteiger partial charge in [-0.3, -0.25) is 4.79 Å². The molecule has 2 rings (SSSR count). The first-order valence-electron chi connectivity index (χ1n) is 6.45. The van der Waals surface area contributed by atoms with Gasteiger partial charge in [-0.1, -0.05) is 26.0 Å². The molecule has 1 aliphatic rings. The number of carbonyl (C=O) groups excluding carboxylic acids is 1. The van der Waals surface area contributed by atoms with Crippen LogP contribution in [0.25, 0.3) is 0 Å². The second-order valence-corrected chi connectivity index (χ2v) is 5.60. The van der Waals surface area contributed by atoms with Crippen LogP contribution in [-0.4, -0.2) is 19.6 Å². The van der Waals surface area contributed by atoms with Crippen molar-refractivity contribution in [3.63, 3.8) is 0 Å². The van der Waals surface area contributed by atoms with E-state index in [4.69, 9.17) is 4.74 Å². The smallest absolute Gasteiger partial charge is 0.223 e. The van der Waals surface area contributed by atoms with Crippen LogP contribution in [0.3, 0.4) is 0 Å². The van der Waals surface area contributed by atoms with Crippen molar-refractivity contribution in [3.05, 3.63) is 29.8 Å². The van der Waals surface area contributed by atoms with Crippen LogP contribution >= 0.6 is 0 Å². The molecule has 1 aromatic rings. The third-order valence-electron chi connectivity index (χ3n) is 3.52. The fourth-order valence-corrected chi connectivity index (χ4v) is 1.94. The zero-order valence-corrected chi connectivity index (χ0v) is 11.3. The van der Waals surface area contributed by atoms with E-state index in [-0.39, 0.29) is 17.2 Å². The summed E-state index contributed by atoms with van der Waals surface area (Å²) >= 11 is 0. The topological polar surface area (TPSA) is 38.3 Å². The van der Waals surface area contributed by atoms with Gasteiger partial charge in [0, 0.05) is 17.9 Å². The Labute approximate surface area is 109 Å². The Morgan fingerprint density at radius 3 is 2.44 bits per heavy atom. The molecule has 0 heterocycles. The maximum Gasteiger partial charge on any atom is 0.223 e. The minimum absolute atomic E-state index is 0.0587. The van der Waals surface area contributed by atoms with Gasteiger partial charge in [0.2, 0.25) is 5.91 Å². The molecule has 0 aliphatic heterocycles. The Kier molecular flexibility index (Phi) is 3.60.